The van der Waals surface area contributed by atoms with Gasteiger partial charge in [0.1, 0.15) is 18.2 Å². The van der Waals surface area contributed by atoms with Gasteiger partial charge in [-0.05, 0) is 53.0 Å². The number of carbonyl (C=O) groups is 1. The summed E-state index contributed by atoms with van der Waals surface area (Å²) in [5, 5.41) is 8.50. The monoisotopic (exact) mass is 778 g/mol. The number of nitrogens with one attached hydrogen (secondary N) is 3. The average Bonchev–Trinajstić information content (AvgIpc) is 3.77. The number of nitrogens with zero attached hydrogens (tertiary/aromatic N) is 8. The minimum absolute atomic E-state index is 0.00643. The molecule has 6 aromatic heterocycles. The first kappa shape index (κ1) is 37.6. The first-order valence-electron chi connectivity index (χ1n) is 16.2. The Balaban J connectivity index is 0.000000197. The molecule has 0 aliphatic rings. The van der Waals surface area contributed by atoms with Crippen LogP contribution in [0.2, 0.25) is 10.6 Å². The number of anilines is 2. The van der Waals surface area contributed by atoms with Crippen LogP contribution in [0.25, 0.3) is 22.5 Å². The van der Waals surface area contributed by atoms with E-state index in [1.54, 1.807) is 0 Å². The molecule has 16 nitrogen and oxygen atoms in total. The van der Waals surface area contributed by atoms with E-state index in [4.69, 9.17) is 42.5 Å². The van der Waals surface area contributed by atoms with Crippen LogP contribution in [0.3, 0.4) is 0 Å². The first-order chi connectivity index (χ1) is 26.2. The molecule has 0 saturated heterocycles. The lowest BCUT2D eigenvalue weighted by Crippen LogP contribution is -2.26. The molecule has 0 aliphatic carbocycles. The largest absolute Gasteiger partial charge is 0.445 e. The Bertz CT molecular complexity index is 2350. The van der Waals surface area contributed by atoms with Gasteiger partial charge in [0.15, 0.2) is 34.5 Å². The van der Waals surface area contributed by atoms with Crippen molar-refractivity contribution >= 4 is 63.4 Å². The quantitative estimate of drug-likeness (QED) is 0.102. The van der Waals surface area contributed by atoms with Crippen LogP contribution < -0.4 is 21.7 Å². The average molecular weight is 780 g/mol. The van der Waals surface area contributed by atoms with E-state index >= 15 is 0 Å². The lowest BCUT2D eigenvalue weighted by molar-refractivity contribution is 0.139. The van der Waals surface area contributed by atoms with Gasteiger partial charge in [-0.1, -0.05) is 30.3 Å². The minimum atomic E-state index is -0.549. The number of oxazole rings is 2. The van der Waals surface area contributed by atoms with Crippen molar-refractivity contribution in [3.05, 3.63) is 118 Å². The summed E-state index contributed by atoms with van der Waals surface area (Å²) in [7, 11) is 0. The summed E-state index contributed by atoms with van der Waals surface area (Å²) in [6, 6.07) is 15.0. The number of ether oxygens (including phenoxy) is 1. The van der Waals surface area contributed by atoms with Crippen LogP contribution >= 0.6 is 23.2 Å². The van der Waals surface area contributed by atoms with E-state index in [1.807, 2.05) is 30.3 Å². The number of hydrogen-bond acceptors (Lipinski definition) is 15. The fraction of sp³-hybridized carbons (Fsp3) is 0.206. The van der Waals surface area contributed by atoms with Gasteiger partial charge < -0.3 is 35.3 Å². The molecule has 0 spiro atoms. The van der Waals surface area contributed by atoms with Crippen molar-refractivity contribution in [2.75, 3.05) is 23.7 Å². The number of pyridine rings is 2. The number of hydrogen-bond donors (Lipinski definition) is 4. The van der Waals surface area contributed by atoms with Gasteiger partial charge in [0, 0.05) is 38.3 Å². The number of fused-ring (bicyclic) bond motifs is 2. The third-order valence-electron chi connectivity index (χ3n) is 7.25. The summed E-state index contributed by atoms with van der Waals surface area (Å²) in [4.78, 5) is 44.6. The predicted molar refractivity (Wildman–Crippen MR) is 193 cm³/mol. The van der Waals surface area contributed by atoms with Gasteiger partial charge in [-0.15, -0.1) is 0 Å². The number of halogens is 4. The van der Waals surface area contributed by atoms with Gasteiger partial charge in [0.05, 0.1) is 24.5 Å². The topological polar surface area (TPSA) is 218 Å². The van der Waals surface area contributed by atoms with Gasteiger partial charge in [0.2, 0.25) is 10.6 Å². The van der Waals surface area contributed by atoms with Crippen molar-refractivity contribution in [3.8, 4) is 0 Å². The predicted octanol–water partition coefficient (Wildman–Crippen LogP) is 5.80. The highest BCUT2D eigenvalue weighted by Crippen LogP contribution is 2.25. The van der Waals surface area contributed by atoms with E-state index in [9.17, 15) is 13.6 Å². The van der Waals surface area contributed by atoms with Crippen LogP contribution in [0.15, 0.2) is 75.8 Å². The van der Waals surface area contributed by atoms with E-state index in [0.717, 1.165) is 5.56 Å². The summed E-state index contributed by atoms with van der Waals surface area (Å²) in [6.45, 7) is 1.02. The van der Waals surface area contributed by atoms with Crippen LogP contribution in [0.5, 0.6) is 0 Å². The van der Waals surface area contributed by atoms with E-state index in [2.05, 4.69) is 55.8 Å². The molecule has 7 rings (SSSR count). The van der Waals surface area contributed by atoms with Gasteiger partial charge >= 0.3 is 6.09 Å². The smallest absolute Gasteiger partial charge is 0.407 e. The van der Waals surface area contributed by atoms with Gasteiger partial charge in [-0.25, -0.2) is 23.5 Å². The number of nitrogens with two attached hydrogens (primary N) is 1. The Kier molecular flexibility index (Phi) is 12.6. The minimum Gasteiger partial charge on any atom is -0.445 e. The molecule has 6 heterocycles. The summed E-state index contributed by atoms with van der Waals surface area (Å²) in [5.74, 6) is 0.563. The van der Waals surface area contributed by atoms with Gasteiger partial charge in [-0.3, -0.25) is 9.97 Å². The highest BCUT2D eigenvalue weighted by atomic mass is 35.5. The maximum Gasteiger partial charge on any atom is 0.407 e. The summed E-state index contributed by atoms with van der Waals surface area (Å²) in [6.07, 6.45) is 3.23. The first-order valence-corrected chi connectivity index (χ1v) is 17.0. The van der Waals surface area contributed by atoms with Crippen LogP contribution in [0.1, 0.15) is 28.7 Å². The standard InChI is InChI=1S/C21H18ClFN6O3.C13H12ClFN6O/c22-20-28-18(26-11-15-14(23)7-4-9-24-15)17-19(29-20)32-16(27-17)8-10-25-21(30)31-12-13-5-2-1-3-6-13;14-13-20-11(18-6-8-7(15)2-1-5-17-8)10-12(21-13)22-9(19-10)3-4-16/h1-7,9H,8,10-12H2,(H,25,30)(H,26,28,29);1-2,5H,3-4,6,16H2,(H,18,20,21). The molecule has 278 valence electrons. The van der Waals surface area contributed by atoms with Crippen LogP contribution in [0, 0.1) is 11.6 Å². The van der Waals surface area contributed by atoms with Crippen LogP contribution in [-0.4, -0.2) is 59.1 Å². The molecule has 0 bridgehead atoms. The van der Waals surface area contributed by atoms with Crippen LogP contribution in [0.4, 0.5) is 25.2 Å². The number of aromatic nitrogens is 8. The van der Waals surface area contributed by atoms with Crippen molar-refractivity contribution in [2.45, 2.75) is 32.5 Å². The van der Waals surface area contributed by atoms with Crippen molar-refractivity contribution in [2.24, 2.45) is 5.73 Å². The zero-order valence-electron chi connectivity index (χ0n) is 28.1. The Morgan fingerprint density at radius 2 is 1.26 bits per heavy atom. The highest BCUT2D eigenvalue weighted by Gasteiger charge is 2.17. The second kappa shape index (κ2) is 18.1. The van der Waals surface area contributed by atoms with Crippen molar-refractivity contribution in [1.29, 1.82) is 0 Å². The maximum absolute atomic E-state index is 13.8. The van der Waals surface area contributed by atoms with E-state index < -0.39 is 17.7 Å². The molecule has 0 saturated carbocycles. The van der Waals surface area contributed by atoms with Crippen LogP contribution in [-0.2, 0) is 37.3 Å². The molecule has 0 atom stereocenters. The fourth-order valence-corrected chi connectivity index (χ4v) is 5.06. The Morgan fingerprint density at radius 1 is 0.722 bits per heavy atom. The molecule has 20 heteroatoms. The normalized spacial score (nSPS) is 10.9. The zero-order chi connectivity index (χ0) is 37.9. The Hall–Kier alpha value is -6.11. The Labute approximate surface area is 314 Å². The van der Waals surface area contributed by atoms with E-state index in [0.29, 0.717) is 48.0 Å². The summed E-state index contributed by atoms with van der Waals surface area (Å²) < 4.78 is 43.6. The molecular weight excluding hydrogens is 749 g/mol. The van der Waals surface area contributed by atoms with Crippen molar-refractivity contribution in [1.82, 2.24) is 45.2 Å². The number of amides is 1. The van der Waals surface area contributed by atoms with Gasteiger partial charge in [-0.2, -0.15) is 19.9 Å². The molecule has 0 fully saturated rings. The molecule has 7 aromatic rings. The number of benzene rings is 1. The van der Waals surface area contributed by atoms with E-state index in [-0.39, 0.29) is 65.4 Å². The molecule has 54 heavy (non-hydrogen) atoms. The SMILES string of the molecule is NCCc1nc2c(NCc3ncccc3F)nc(Cl)nc2o1.O=C(NCCc1nc2c(NCc3ncccc3F)nc(Cl)nc2o1)OCc1ccccc1. The fourth-order valence-electron chi connectivity index (χ4n) is 4.74. The molecular formula is C34H30Cl2F2N12O4. The molecule has 0 aliphatic heterocycles. The summed E-state index contributed by atoms with van der Waals surface area (Å²) >= 11 is 11.8. The van der Waals surface area contributed by atoms with Crippen molar-refractivity contribution in [3.63, 3.8) is 0 Å². The Morgan fingerprint density at radius 3 is 1.78 bits per heavy atom. The molecule has 1 aromatic carbocycles. The summed E-state index contributed by atoms with van der Waals surface area (Å²) in [5.41, 5.74) is 8.04. The molecule has 0 radical (unpaired) electrons. The maximum atomic E-state index is 13.8. The highest BCUT2D eigenvalue weighted by molar-refractivity contribution is 6.29. The number of carbonyl (C=O) groups excluding carboxylic acids is 1. The van der Waals surface area contributed by atoms with E-state index in [1.165, 1.54) is 36.7 Å². The molecule has 1 amide bonds. The lowest BCUT2D eigenvalue weighted by Gasteiger charge is -2.06. The third kappa shape index (κ3) is 10.1. The molecule has 5 N–H and O–H groups in total. The lowest BCUT2D eigenvalue weighted by atomic mass is 10.2. The number of rotatable bonds is 13. The number of alkyl carbamates (subject to hydrolysis) is 1. The second-order valence-corrected chi connectivity index (χ2v) is 11.7. The van der Waals surface area contributed by atoms with Crippen molar-refractivity contribution < 1.29 is 27.1 Å². The second-order valence-electron chi connectivity index (χ2n) is 11.1. The zero-order valence-corrected chi connectivity index (χ0v) is 29.6. The third-order valence-corrected chi connectivity index (χ3v) is 7.58. The van der Waals surface area contributed by atoms with Gasteiger partial charge in [0.25, 0.3) is 11.4 Å². The molecule has 0 unspecified atom stereocenters.